The van der Waals surface area contributed by atoms with Crippen molar-refractivity contribution in [3.8, 4) is 0 Å². The van der Waals surface area contributed by atoms with Crippen LogP contribution in [-0.2, 0) is 10.1 Å². The SMILES string of the molecule is O=C([O-])c1cccc(C(=O)[O-])c1S(=O)(=O)[O-].[NH4+].[NH4+].[NH4+]. The molecule has 0 amide bonds. The normalized spacial score (nSPS) is 9.32. The number of carbonyl (C=O) groups is 2. The van der Waals surface area contributed by atoms with E-state index in [0.29, 0.717) is 0 Å². The van der Waals surface area contributed by atoms with Crippen molar-refractivity contribution < 1.29 is 32.8 Å². The molecule has 1 rings (SSSR count). The summed E-state index contributed by atoms with van der Waals surface area (Å²) in [7, 11) is -5.25. The standard InChI is InChI=1S/C8H6O7S.3H3N/c9-7(10)4-2-1-3-5(8(11)12)6(4)16(13,14)15;;;/h1-3H,(H,9,10)(H,11,12)(H,13,14,15);3*1H3. The van der Waals surface area contributed by atoms with Crippen LogP contribution in [0.3, 0.4) is 0 Å². The minimum atomic E-state index is -5.25. The van der Waals surface area contributed by atoms with Crippen molar-refractivity contribution in [3.05, 3.63) is 29.3 Å². The van der Waals surface area contributed by atoms with Crippen LogP contribution in [0.1, 0.15) is 20.7 Å². The Bertz CT molecular complexity index is 537. The van der Waals surface area contributed by atoms with Gasteiger partial charge in [-0.15, -0.1) is 0 Å². The minimum Gasteiger partial charge on any atom is -0.744 e. The number of carbonyl (C=O) groups excluding carboxylic acids is 2. The molecular formula is C8H15N3O7S. The van der Waals surface area contributed by atoms with Gasteiger partial charge < -0.3 is 42.8 Å². The van der Waals surface area contributed by atoms with Crippen LogP contribution in [0.5, 0.6) is 0 Å². The van der Waals surface area contributed by atoms with E-state index >= 15 is 0 Å². The van der Waals surface area contributed by atoms with Crippen molar-refractivity contribution in [3.63, 3.8) is 0 Å². The quantitative estimate of drug-likeness (QED) is 0.552. The lowest BCUT2D eigenvalue weighted by atomic mass is 10.1. The molecule has 19 heavy (non-hydrogen) atoms. The molecule has 12 N–H and O–H groups in total. The summed E-state index contributed by atoms with van der Waals surface area (Å²) in [5.74, 6) is -3.92. The predicted molar refractivity (Wildman–Crippen MR) is 61.0 cm³/mol. The summed E-state index contributed by atoms with van der Waals surface area (Å²) in [5.41, 5.74) is -2.01. The molecule has 0 saturated carbocycles. The molecule has 0 aromatic heterocycles. The number of carboxylic acid groups (broad SMARTS) is 2. The summed E-state index contributed by atoms with van der Waals surface area (Å²) < 4.78 is 32.2. The lowest BCUT2D eigenvalue weighted by molar-refractivity contribution is -0.255. The molecule has 0 radical (unpaired) electrons. The Kier molecular flexibility index (Phi) is 8.63. The molecule has 0 unspecified atom stereocenters. The Morgan fingerprint density at radius 2 is 1.21 bits per heavy atom. The van der Waals surface area contributed by atoms with Crippen molar-refractivity contribution in [1.82, 2.24) is 18.5 Å². The molecule has 1 aromatic carbocycles. The van der Waals surface area contributed by atoms with Gasteiger partial charge in [0.1, 0.15) is 10.1 Å². The predicted octanol–water partition coefficient (Wildman–Crippen LogP) is -1.55. The Labute approximate surface area is 108 Å². The first-order valence-electron chi connectivity index (χ1n) is 3.76. The molecule has 0 spiro atoms. The van der Waals surface area contributed by atoms with Gasteiger partial charge in [0.05, 0.1) is 16.8 Å². The smallest absolute Gasteiger partial charge is 0.125 e. The van der Waals surface area contributed by atoms with Crippen molar-refractivity contribution in [1.29, 1.82) is 0 Å². The fourth-order valence-electron chi connectivity index (χ4n) is 1.13. The van der Waals surface area contributed by atoms with Gasteiger partial charge in [-0.1, -0.05) is 18.2 Å². The fraction of sp³-hybridized carbons (Fsp3) is 0. The number of aromatic carboxylic acids is 2. The molecule has 0 atom stereocenters. The maximum Gasteiger partial charge on any atom is 0.125 e. The second kappa shape index (κ2) is 7.40. The molecule has 0 aliphatic carbocycles. The largest absolute Gasteiger partial charge is 0.744 e. The summed E-state index contributed by atoms with van der Waals surface area (Å²) in [4.78, 5) is 19.7. The van der Waals surface area contributed by atoms with Crippen LogP contribution in [0, 0.1) is 0 Å². The Morgan fingerprint density at radius 3 is 1.42 bits per heavy atom. The van der Waals surface area contributed by atoms with E-state index in [4.69, 9.17) is 0 Å². The first kappa shape index (κ1) is 22.2. The number of hydrogen-bond donors (Lipinski definition) is 3. The van der Waals surface area contributed by atoms with Crippen LogP contribution >= 0.6 is 0 Å². The van der Waals surface area contributed by atoms with Gasteiger partial charge in [0.25, 0.3) is 0 Å². The van der Waals surface area contributed by atoms with Gasteiger partial charge in [-0.25, -0.2) is 8.42 Å². The molecule has 110 valence electrons. The summed E-state index contributed by atoms with van der Waals surface area (Å²) in [6.45, 7) is 0. The lowest BCUT2D eigenvalue weighted by Crippen LogP contribution is -2.29. The molecule has 0 bridgehead atoms. The molecule has 10 nitrogen and oxygen atoms in total. The van der Waals surface area contributed by atoms with Gasteiger partial charge in [0, 0.05) is 11.1 Å². The molecule has 1 aromatic rings. The molecule has 0 saturated heterocycles. The molecule has 0 aliphatic heterocycles. The zero-order valence-electron chi connectivity index (χ0n) is 10.5. The van der Waals surface area contributed by atoms with Crippen molar-refractivity contribution in [2.75, 3.05) is 0 Å². The molecule has 0 aliphatic rings. The fourth-order valence-corrected chi connectivity index (χ4v) is 1.97. The molecule has 0 fully saturated rings. The average molecular weight is 297 g/mol. The van der Waals surface area contributed by atoms with Crippen LogP contribution in [-0.4, -0.2) is 24.9 Å². The van der Waals surface area contributed by atoms with E-state index in [1.807, 2.05) is 0 Å². The van der Waals surface area contributed by atoms with Crippen LogP contribution < -0.4 is 28.7 Å². The highest BCUT2D eigenvalue weighted by Crippen LogP contribution is 2.19. The number of rotatable bonds is 3. The van der Waals surface area contributed by atoms with E-state index in [2.05, 4.69) is 0 Å². The number of hydrogen-bond acceptors (Lipinski definition) is 7. The first-order valence-corrected chi connectivity index (χ1v) is 5.17. The first-order chi connectivity index (χ1) is 7.25. The van der Waals surface area contributed by atoms with Gasteiger partial charge in [-0.2, -0.15) is 0 Å². The third-order valence-electron chi connectivity index (χ3n) is 1.70. The third-order valence-corrected chi connectivity index (χ3v) is 2.64. The molecule has 11 heteroatoms. The Hall–Kier alpha value is -2.05. The maximum absolute atomic E-state index is 10.7. The van der Waals surface area contributed by atoms with E-state index in [9.17, 15) is 32.8 Å². The van der Waals surface area contributed by atoms with E-state index in [0.717, 1.165) is 18.2 Å². The summed E-state index contributed by atoms with van der Waals surface area (Å²) >= 11 is 0. The highest BCUT2D eigenvalue weighted by Gasteiger charge is 2.15. The van der Waals surface area contributed by atoms with E-state index in [1.54, 1.807) is 0 Å². The topological polar surface area (TPSA) is 247 Å². The second-order valence-electron chi connectivity index (χ2n) is 2.71. The summed E-state index contributed by atoms with van der Waals surface area (Å²) in [6.07, 6.45) is 0. The zero-order valence-corrected chi connectivity index (χ0v) is 11.3. The van der Waals surface area contributed by atoms with Crippen LogP contribution in [0.4, 0.5) is 0 Å². The Balaban J connectivity index is -0.000000853. The monoisotopic (exact) mass is 297 g/mol. The maximum atomic E-state index is 10.7. The summed E-state index contributed by atoms with van der Waals surface area (Å²) in [6, 6.07) is 2.48. The minimum absolute atomic E-state index is 0. The van der Waals surface area contributed by atoms with Crippen LogP contribution in [0.15, 0.2) is 23.1 Å². The van der Waals surface area contributed by atoms with Gasteiger partial charge in [0.15, 0.2) is 0 Å². The zero-order chi connectivity index (χ0) is 12.5. The van der Waals surface area contributed by atoms with Crippen LogP contribution in [0.25, 0.3) is 0 Å². The second-order valence-corrected chi connectivity index (χ2v) is 4.03. The summed E-state index contributed by atoms with van der Waals surface area (Å²) in [5, 5.41) is 21.0. The van der Waals surface area contributed by atoms with Crippen molar-refractivity contribution >= 4 is 22.1 Å². The Morgan fingerprint density at radius 1 is 0.895 bits per heavy atom. The van der Waals surface area contributed by atoms with E-state index in [1.165, 1.54) is 0 Å². The highest BCUT2D eigenvalue weighted by atomic mass is 32.2. The van der Waals surface area contributed by atoms with Gasteiger partial charge in [-0.05, 0) is 0 Å². The van der Waals surface area contributed by atoms with E-state index in [-0.39, 0.29) is 18.5 Å². The number of carboxylic acids is 2. The highest BCUT2D eigenvalue weighted by molar-refractivity contribution is 7.86. The van der Waals surface area contributed by atoms with E-state index < -0.39 is 38.1 Å². The third kappa shape index (κ3) is 4.61. The van der Waals surface area contributed by atoms with Gasteiger partial charge in [0.2, 0.25) is 0 Å². The number of benzene rings is 1. The lowest BCUT2D eigenvalue weighted by Gasteiger charge is -2.18. The van der Waals surface area contributed by atoms with Crippen LogP contribution in [0.2, 0.25) is 0 Å². The average Bonchev–Trinajstić information content (AvgIpc) is 2.15. The van der Waals surface area contributed by atoms with Gasteiger partial charge >= 0.3 is 0 Å². The van der Waals surface area contributed by atoms with Crippen molar-refractivity contribution in [2.24, 2.45) is 0 Å². The number of quaternary nitrogens is 3. The molecule has 0 heterocycles. The van der Waals surface area contributed by atoms with Crippen molar-refractivity contribution in [2.45, 2.75) is 4.90 Å². The molecular weight excluding hydrogens is 282 g/mol. The van der Waals surface area contributed by atoms with Gasteiger partial charge in [-0.3, -0.25) is 0 Å².